The lowest BCUT2D eigenvalue weighted by molar-refractivity contribution is -0.121. The number of benzene rings is 1. The Bertz CT molecular complexity index is 625. The van der Waals surface area contributed by atoms with Crippen molar-refractivity contribution in [1.29, 1.82) is 0 Å². The molecule has 1 fully saturated rings. The molecule has 25 heavy (non-hydrogen) atoms. The second-order valence-corrected chi connectivity index (χ2v) is 6.08. The minimum atomic E-state index is -0.308. The summed E-state index contributed by atoms with van der Waals surface area (Å²) in [6.45, 7) is 5.09. The fourth-order valence-corrected chi connectivity index (χ4v) is 2.75. The zero-order valence-electron chi connectivity index (χ0n) is 14.7. The van der Waals surface area contributed by atoms with Gasteiger partial charge in [-0.25, -0.2) is 4.79 Å². The Hall–Kier alpha value is -2.57. The molecule has 2 rings (SSSR count). The normalized spacial score (nSPS) is 14.7. The largest absolute Gasteiger partial charge is 0.450 e. The Morgan fingerprint density at radius 1 is 1.24 bits per heavy atom. The van der Waals surface area contributed by atoms with Gasteiger partial charge in [-0.2, -0.15) is 0 Å². The summed E-state index contributed by atoms with van der Waals surface area (Å²) >= 11 is 0. The molecule has 7 heteroatoms. The molecule has 2 N–H and O–H groups in total. The monoisotopic (exact) mass is 347 g/mol. The van der Waals surface area contributed by atoms with Gasteiger partial charge in [0.1, 0.15) is 0 Å². The van der Waals surface area contributed by atoms with Gasteiger partial charge in [-0.15, -0.1) is 0 Å². The van der Waals surface area contributed by atoms with Crippen LogP contribution in [-0.4, -0.2) is 55.1 Å². The molecule has 0 unspecified atom stereocenters. The smallest absolute Gasteiger partial charge is 0.409 e. The fourth-order valence-electron chi connectivity index (χ4n) is 2.75. The van der Waals surface area contributed by atoms with Crippen molar-refractivity contribution >= 4 is 17.9 Å². The Labute approximate surface area is 147 Å². The summed E-state index contributed by atoms with van der Waals surface area (Å²) in [6.07, 6.45) is 1.05. The highest BCUT2D eigenvalue weighted by Gasteiger charge is 2.24. The van der Waals surface area contributed by atoms with E-state index in [0.717, 1.165) is 5.56 Å². The minimum Gasteiger partial charge on any atom is -0.450 e. The molecule has 0 atom stereocenters. The van der Waals surface area contributed by atoms with Crippen molar-refractivity contribution in [1.82, 2.24) is 15.5 Å². The third-order valence-corrected chi connectivity index (χ3v) is 4.08. The van der Waals surface area contributed by atoms with Crippen molar-refractivity contribution in [3.8, 4) is 0 Å². The first-order chi connectivity index (χ1) is 12.0. The SMILES string of the molecule is CCOC(=O)N1CCC(NC(=O)CNC(=O)c2cccc(C)c2)CC1. The van der Waals surface area contributed by atoms with Gasteiger partial charge in [0.15, 0.2) is 0 Å². The molecule has 136 valence electrons. The first-order valence-corrected chi connectivity index (χ1v) is 8.55. The Balaban J connectivity index is 1.71. The van der Waals surface area contributed by atoms with Crippen molar-refractivity contribution in [2.45, 2.75) is 32.7 Å². The van der Waals surface area contributed by atoms with Gasteiger partial charge in [-0.3, -0.25) is 9.59 Å². The molecule has 0 bridgehead atoms. The number of carbonyl (C=O) groups is 3. The highest BCUT2D eigenvalue weighted by Crippen LogP contribution is 2.11. The van der Waals surface area contributed by atoms with Crippen molar-refractivity contribution in [2.75, 3.05) is 26.2 Å². The van der Waals surface area contributed by atoms with Gasteiger partial charge in [-0.05, 0) is 38.8 Å². The zero-order valence-corrected chi connectivity index (χ0v) is 14.7. The second kappa shape index (κ2) is 9.05. The van der Waals surface area contributed by atoms with Crippen LogP contribution in [0.3, 0.4) is 0 Å². The van der Waals surface area contributed by atoms with E-state index in [-0.39, 0.29) is 30.5 Å². The maximum absolute atomic E-state index is 12.0. The number of ether oxygens (including phenoxy) is 1. The summed E-state index contributed by atoms with van der Waals surface area (Å²) in [4.78, 5) is 37.3. The van der Waals surface area contributed by atoms with Crippen molar-refractivity contribution in [2.24, 2.45) is 0 Å². The summed E-state index contributed by atoms with van der Waals surface area (Å²) in [5.41, 5.74) is 1.53. The lowest BCUT2D eigenvalue weighted by Gasteiger charge is -2.31. The van der Waals surface area contributed by atoms with E-state index in [1.165, 1.54) is 0 Å². The predicted octanol–water partition coefficient (Wildman–Crippen LogP) is 1.46. The maximum Gasteiger partial charge on any atom is 0.409 e. The molecule has 1 saturated heterocycles. The van der Waals surface area contributed by atoms with Crippen LogP contribution >= 0.6 is 0 Å². The van der Waals surface area contributed by atoms with Crippen LogP contribution in [-0.2, 0) is 9.53 Å². The van der Waals surface area contributed by atoms with Crippen LogP contribution in [0.2, 0.25) is 0 Å². The summed E-state index contributed by atoms with van der Waals surface area (Å²) in [7, 11) is 0. The molecule has 0 aliphatic carbocycles. The predicted molar refractivity (Wildman–Crippen MR) is 93.3 cm³/mol. The minimum absolute atomic E-state index is 0.00838. The van der Waals surface area contributed by atoms with Crippen LogP contribution in [0, 0.1) is 6.92 Å². The molecule has 1 aromatic carbocycles. The van der Waals surface area contributed by atoms with E-state index >= 15 is 0 Å². The number of hydrogen-bond acceptors (Lipinski definition) is 4. The number of rotatable bonds is 5. The Morgan fingerprint density at radius 2 is 1.96 bits per heavy atom. The number of nitrogens with zero attached hydrogens (tertiary/aromatic N) is 1. The lowest BCUT2D eigenvalue weighted by Crippen LogP contribution is -2.48. The average molecular weight is 347 g/mol. The van der Waals surface area contributed by atoms with E-state index in [9.17, 15) is 14.4 Å². The number of likely N-dealkylation sites (tertiary alicyclic amines) is 1. The topological polar surface area (TPSA) is 87.7 Å². The van der Waals surface area contributed by atoms with E-state index in [1.807, 2.05) is 19.1 Å². The van der Waals surface area contributed by atoms with Crippen LogP contribution in [0.1, 0.15) is 35.7 Å². The molecule has 0 spiro atoms. The molecule has 1 heterocycles. The van der Waals surface area contributed by atoms with Gasteiger partial charge in [0, 0.05) is 24.7 Å². The van der Waals surface area contributed by atoms with Crippen molar-refractivity contribution in [3.63, 3.8) is 0 Å². The summed E-state index contributed by atoms with van der Waals surface area (Å²) < 4.78 is 4.97. The highest BCUT2D eigenvalue weighted by atomic mass is 16.6. The average Bonchev–Trinajstić information content (AvgIpc) is 2.60. The third kappa shape index (κ3) is 5.77. The van der Waals surface area contributed by atoms with Crippen LogP contribution in [0.5, 0.6) is 0 Å². The van der Waals surface area contributed by atoms with Gasteiger partial charge in [-0.1, -0.05) is 17.7 Å². The number of aryl methyl sites for hydroxylation is 1. The number of amides is 3. The standard InChI is InChI=1S/C18H25N3O4/c1-3-25-18(24)21-9-7-15(8-10-21)20-16(22)12-19-17(23)14-6-4-5-13(2)11-14/h4-6,11,15H,3,7-10,12H2,1-2H3,(H,19,23)(H,20,22). The fraction of sp³-hybridized carbons (Fsp3) is 0.500. The van der Waals surface area contributed by atoms with Gasteiger partial charge < -0.3 is 20.3 Å². The number of piperidine rings is 1. The van der Waals surface area contributed by atoms with E-state index in [4.69, 9.17) is 4.74 Å². The van der Waals surface area contributed by atoms with Crippen molar-refractivity contribution in [3.05, 3.63) is 35.4 Å². The van der Waals surface area contributed by atoms with Gasteiger partial charge in [0.05, 0.1) is 13.2 Å². The zero-order chi connectivity index (χ0) is 18.2. The summed E-state index contributed by atoms with van der Waals surface area (Å²) in [5, 5.41) is 5.52. The maximum atomic E-state index is 12.0. The molecular weight excluding hydrogens is 322 g/mol. The van der Waals surface area contributed by atoms with Crippen LogP contribution in [0.4, 0.5) is 4.79 Å². The second-order valence-electron chi connectivity index (χ2n) is 6.08. The molecule has 0 aromatic heterocycles. The molecule has 0 saturated carbocycles. The Morgan fingerprint density at radius 3 is 2.60 bits per heavy atom. The van der Waals surface area contributed by atoms with E-state index in [2.05, 4.69) is 10.6 Å². The molecule has 7 nitrogen and oxygen atoms in total. The lowest BCUT2D eigenvalue weighted by atomic mass is 10.1. The molecule has 1 aliphatic rings. The van der Waals surface area contributed by atoms with Gasteiger partial charge in [0.2, 0.25) is 5.91 Å². The van der Waals surface area contributed by atoms with E-state index < -0.39 is 0 Å². The number of hydrogen-bond donors (Lipinski definition) is 2. The van der Waals surface area contributed by atoms with E-state index in [1.54, 1.807) is 24.0 Å². The number of nitrogens with one attached hydrogen (secondary N) is 2. The quantitative estimate of drug-likeness (QED) is 0.844. The van der Waals surface area contributed by atoms with Gasteiger partial charge in [0.25, 0.3) is 5.91 Å². The molecule has 1 aliphatic heterocycles. The first kappa shape index (κ1) is 18.8. The summed E-state index contributed by atoms with van der Waals surface area (Å²) in [6, 6.07) is 7.21. The molecule has 0 radical (unpaired) electrons. The highest BCUT2D eigenvalue weighted by molar-refractivity contribution is 5.96. The first-order valence-electron chi connectivity index (χ1n) is 8.55. The Kier molecular flexibility index (Phi) is 6.80. The van der Waals surface area contributed by atoms with E-state index in [0.29, 0.717) is 38.1 Å². The number of carbonyl (C=O) groups excluding carboxylic acids is 3. The van der Waals surface area contributed by atoms with Crippen molar-refractivity contribution < 1.29 is 19.1 Å². The molecule has 1 aromatic rings. The molecular formula is C18H25N3O4. The van der Waals surface area contributed by atoms with Crippen LogP contribution in [0.25, 0.3) is 0 Å². The van der Waals surface area contributed by atoms with Gasteiger partial charge >= 0.3 is 6.09 Å². The van der Waals surface area contributed by atoms with Crippen LogP contribution < -0.4 is 10.6 Å². The third-order valence-electron chi connectivity index (χ3n) is 4.08. The summed E-state index contributed by atoms with van der Waals surface area (Å²) in [5.74, 6) is -0.494. The molecule has 3 amide bonds. The van der Waals surface area contributed by atoms with Crippen LogP contribution in [0.15, 0.2) is 24.3 Å².